The first-order valence-electron chi connectivity index (χ1n) is 7.09. The molecule has 0 bridgehead atoms. The van der Waals surface area contributed by atoms with E-state index < -0.39 is 10.0 Å². The average Bonchev–Trinajstić information content (AvgIpc) is 2.55. The third-order valence-corrected chi connectivity index (χ3v) is 4.95. The first kappa shape index (κ1) is 16.9. The third kappa shape index (κ3) is 4.04. The van der Waals surface area contributed by atoms with Crippen molar-refractivity contribution >= 4 is 15.9 Å². The van der Waals surface area contributed by atoms with Gasteiger partial charge in [0.05, 0.1) is 24.2 Å². The van der Waals surface area contributed by atoms with Crippen molar-refractivity contribution in [3.63, 3.8) is 0 Å². The summed E-state index contributed by atoms with van der Waals surface area (Å²) in [6, 6.07) is 5.83. The van der Waals surface area contributed by atoms with Crippen LogP contribution in [0.4, 0.5) is 0 Å². The smallest absolute Gasteiger partial charge is 0.240 e. The average molecular weight is 327 g/mol. The van der Waals surface area contributed by atoms with Gasteiger partial charge in [-0.2, -0.15) is 0 Å². The van der Waals surface area contributed by atoms with E-state index in [0.717, 1.165) is 5.56 Å². The van der Waals surface area contributed by atoms with Gasteiger partial charge in [0, 0.05) is 6.54 Å². The van der Waals surface area contributed by atoms with Gasteiger partial charge in [-0.3, -0.25) is 4.79 Å². The Morgan fingerprint density at radius 1 is 1.45 bits per heavy atom. The topological polar surface area (TPSA) is 96.5 Å². The second kappa shape index (κ2) is 7.19. The number of benzene rings is 1. The van der Waals surface area contributed by atoms with Crippen molar-refractivity contribution in [1.29, 1.82) is 0 Å². The van der Waals surface area contributed by atoms with E-state index in [-0.39, 0.29) is 22.9 Å². The molecule has 1 aliphatic heterocycles. The summed E-state index contributed by atoms with van der Waals surface area (Å²) in [5, 5.41) is 5.94. The van der Waals surface area contributed by atoms with Crippen molar-refractivity contribution in [3.05, 3.63) is 29.8 Å². The SMILES string of the molecule is CNS(=O)(=O)c1cccc(C(C)NC(=O)C2COCCN2)c1. The lowest BCUT2D eigenvalue weighted by Crippen LogP contribution is -2.51. The van der Waals surface area contributed by atoms with Gasteiger partial charge in [0.15, 0.2) is 0 Å². The molecule has 22 heavy (non-hydrogen) atoms. The molecule has 2 rings (SSSR count). The first-order chi connectivity index (χ1) is 10.4. The van der Waals surface area contributed by atoms with Crippen molar-refractivity contribution in [2.45, 2.75) is 23.9 Å². The molecule has 1 amide bonds. The van der Waals surface area contributed by atoms with Gasteiger partial charge in [0.2, 0.25) is 15.9 Å². The number of rotatable bonds is 5. The largest absolute Gasteiger partial charge is 0.378 e. The summed E-state index contributed by atoms with van der Waals surface area (Å²) >= 11 is 0. The number of amides is 1. The minimum absolute atomic E-state index is 0.158. The molecule has 0 saturated carbocycles. The molecule has 1 aromatic rings. The number of nitrogens with one attached hydrogen (secondary N) is 3. The molecule has 0 radical (unpaired) electrons. The highest BCUT2D eigenvalue weighted by Crippen LogP contribution is 2.17. The molecule has 1 aliphatic rings. The number of sulfonamides is 1. The fourth-order valence-electron chi connectivity index (χ4n) is 2.20. The summed E-state index contributed by atoms with van der Waals surface area (Å²) < 4.78 is 31.2. The standard InChI is InChI=1S/C14H21N3O4S/c1-10(17-14(18)13-9-21-7-6-16-13)11-4-3-5-12(8-11)22(19,20)15-2/h3-5,8,10,13,15-16H,6-7,9H2,1-2H3,(H,17,18). The number of carbonyl (C=O) groups excluding carboxylic acids is 1. The Labute approximate surface area is 130 Å². The zero-order chi connectivity index (χ0) is 16.2. The predicted molar refractivity (Wildman–Crippen MR) is 81.9 cm³/mol. The second-order valence-corrected chi connectivity index (χ2v) is 6.98. The maximum atomic E-state index is 12.1. The first-order valence-corrected chi connectivity index (χ1v) is 8.57. The third-order valence-electron chi connectivity index (χ3n) is 3.53. The van der Waals surface area contributed by atoms with Gasteiger partial charge in [0.1, 0.15) is 6.04 Å². The maximum Gasteiger partial charge on any atom is 0.240 e. The van der Waals surface area contributed by atoms with Crippen molar-refractivity contribution in [1.82, 2.24) is 15.4 Å². The molecule has 7 nitrogen and oxygen atoms in total. The van der Waals surface area contributed by atoms with Crippen molar-refractivity contribution in [3.8, 4) is 0 Å². The Kier molecular flexibility index (Phi) is 5.52. The number of morpholine rings is 1. The lowest BCUT2D eigenvalue weighted by molar-refractivity contribution is -0.126. The molecule has 2 atom stereocenters. The molecule has 1 heterocycles. The minimum atomic E-state index is -3.50. The van der Waals surface area contributed by atoms with Gasteiger partial charge in [-0.15, -0.1) is 0 Å². The van der Waals surface area contributed by atoms with Crippen LogP contribution in [0.3, 0.4) is 0 Å². The monoisotopic (exact) mass is 327 g/mol. The van der Waals surface area contributed by atoms with Gasteiger partial charge in [-0.05, 0) is 31.7 Å². The van der Waals surface area contributed by atoms with Crippen LogP contribution in [0.1, 0.15) is 18.5 Å². The maximum absolute atomic E-state index is 12.1. The van der Waals surface area contributed by atoms with E-state index in [0.29, 0.717) is 19.8 Å². The zero-order valence-electron chi connectivity index (χ0n) is 12.6. The molecular weight excluding hydrogens is 306 g/mol. The van der Waals surface area contributed by atoms with Crippen LogP contribution in [-0.2, 0) is 19.6 Å². The summed E-state index contributed by atoms with van der Waals surface area (Å²) in [7, 11) is -2.14. The molecule has 122 valence electrons. The van der Waals surface area contributed by atoms with Gasteiger partial charge < -0.3 is 15.4 Å². The van der Waals surface area contributed by atoms with E-state index in [1.54, 1.807) is 18.2 Å². The second-order valence-electron chi connectivity index (χ2n) is 5.09. The summed E-state index contributed by atoms with van der Waals surface area (Å²) in [5.74, 6) is -0.158. The summed E-state index contributed by atoms with van der Waals surface area (Å²) in [6.07, 6.45) is 0. The minimum Gasteiger partial charge on any atom is -0.378 e. The fourth-order valence-corrected chi connectivity index (χ4v) is 2.98. The summed E-state index contributed by atoms with van der Waals surface area (Å²) in [4.78, 5) is 12.3. The van der Waals surface area contributed by atoms with Crippen LogP contribution < -0.4 is 15.4 Å². The molecule has 1 fully saturated rings. The van der Waals surface area contributed by atoms with Gasteiger partial charge in [0.25, 0.3) is 0 Å². The lowest BCUT2D eigenvalue weighted by atomic mass is 10.1. The molecule has 1 saturated heterocycles. The predicted octanol–water partition coefficient (Wildman–Crippen LogP) is -0.240. The fraction of sp³-hybridized carbons (Fsp3) is 0.500. The van der Waals surface area contributed by atoms with Crippen molar-refractivity contribution < 1.29 is 17.9 Å². The Balaban J connectivity index is 2.07. The van der Waals surface area contributed by atoms with Gasteiger partial charge in [-0.25, -0.2) is 13.1 Å². The number of carbonyl (C=O) groups is 1. The van der Waals surface area contributed by atoms with Crippen LogP contribution in [0.2, 0.25) is 0 Å². The highest BCUT2D eigenvalue weighted by Gasteiger charge is 2.23. The number of ether oxygens (including phenoxy) is 1. The molecule has 3 N–H and O–H groups in total. The molecule has 8 heteroatoms. The molecule has 2 unspecified atom stereocenters. The summed E-state index contributed by atoms with van der Waals surface area (Å²) in [5.41, 5.74) is 0.724. The Morgan fingerprint density at radius 3 is 2.86 bits per heavy atom. The van der Waals surface area contributed by atoms with Gasteiger partial charge >= 0.3 is 0 Å². The van der Waals surface area contributed by atoms with Crippen LogP contribution in [0.25, 0.3) is 0 Å². The Hall–Kier alpha value is -1.48. The molecule has 0 aromatic heterocycles. The molecular formula is C14H21N3O4S. The lowest BCUT2D eigenvalue weighted by Gasteiger charge is -2.25. The van der Waals surface area contributed by atoms with E-state index in [1.165, 1.54) is 13.1 Å². The van der Waals surface area contributed by atoms with E-state index in [4.69, 9.17) is 4.74 Å². The van der Waals surface area contributed by atoms with Crippen LogP contribution in [0.15, 0.2) is 29.2 Å². The molecule has 0 aliphatic carbocycles. The van der Waals surface area contributed by atoms with E-state index in [2.05, 4.69) is 15.4 Å². The quantitative estimate of drug-likeness (QED) is 0.694. The molecule has 0 spiro atoms. The van der Waals surface area contributed by atoms with Crippen LogP contribution in [-0.4, -0.2) is 47.2 Å². The van der Waals surface area contributed by atoms with Crippen molar-refractivity contribution in [2.75, 3.05) is 26.8 Å². The number of hydrogen-bond acceptors (Lipinski definition) is 5. The van der Waals surface area contributed by atoms with E-state index in [9.17, 15) is 13.2 Å². The van der Waals surface area contributed by atoms with Crippen molar-refractivity contribution in [2.24, 2.45) is 0 Å². The molecule has 1 aromatic carbocycles. The number of hydrogen-bond donors (Lipinski definition) is 3. The van der Waals surface area contributed by atoms with Gasteiger partial charge in [-0.1, -0.05) is 12.1 Å². The summed E-state index contributed by atoms with van der Waals surface area (Å²) in [6.45, 7) is 3.39. The highest BCUT2D eigenvalue weighted by atomic mass is 32.2. The normalized spacial score (nSPS) is 20.4. The van der Waals surface area contributed by atoms with E-state index in [1.807, 2.05) is 6.92 Å². The highest BCUT2D eigenvalue weighted by molar-refractivity contribution is 7.89. The zero-order valence-corrected chi connectivity index (χ0v) is 13.4. The Bertz CT molecular complexity index is 627. The van der Waals surface area contributed by atoms with Crippen LogP contribution in [0.5, 0.6) is 0 Å². The van der Waals surface area contributed by atoms with Crippen LogP contribution in [0, 0.1) is 0 Å². The van der Waals surface area contributed by atoms with E-state index >= 15 is 0 Å². The van der Waals surface area contributed by atoms with Crippen LogP contribution >= 0.6 is 0 Å². The Morgan fingerprint density at radius 2 is 2.23 bits per heavy atom.